The van der Waals surface area contributed by atoms with Gasteiger partial charge in [0.25, 0.3) is 0 Å². The molecule has 0 heterocycles. The minimum absolute atomic E-state index is 0.966. The normalized spacial score (nSPS) is 24.2. The maximum atomic E-state index is 2.55. The van der Waals surface area contributed by atoms with Crippen molar-refractivity contribution in [3.63, 3.8) is 0 Å². The van der Waals surface area contributed by atoms with E-state index in [1.165, 1.54) is 12.5 Å². The van der Waals surface area contributed by atoms with E-state index >= 15 is 0 Å². The molecule has 0 unspecified atom stereocenters. The summed E-state index contributed by atoms with van der Waals surface area (Å²) in [5.41, 5.74) is 1.68. The van der Waals surface area contributed by atoms with Gasteiger partial charge in [0.15, 0.2) is 0 Å². The van der Waals surface area contributed by atoms with Gasteiger partial charge in [-0.05, 0) is 0 Å². The third-order valence-corrected chi connectivity index (χ3v) is 11.7. The minimum atomic E-state index is -3.31. The van der Waals surface area contributed by atoms with Crippen LogP contribution in [0.2, 0.25) is 57.1 Å². The van der Waals surface area contributed by atoms with Gasteiger partial charge in [-0.1, -0.05) is 0 Å². The van der Waals surface area contributed by atoms with Crippen LogP contribution < -0.4 is 0 Å². The van der Waals surface area contributed by atoms with Crippen molar-refractivity contribution in [2.45, 2.75) is 63.5 Å². The van der Waals surface area contributed by atoms with Crippen molar-refractivity contribution in [3.05, 3.63) is 21.6 Å². The van der Waals surface area contributed by atoms with Crippen molar-refractivity contribution in [2.24, 2.45) is 0 Å². The van der Waals surface area contributed by atoms with Gasteiger partial charge >= 0.3 is 106 Å². The van der Waals surface area contributed by atoms with Crippen LogP contribution in [0.1, 0.15) is 6.42 Å². The van der Waals surface area contributed by atoms with E-state index in [9.17, 15) is 0 Å². The third kappa shape index (κ3) is 4.89. The fraction of sp³-hybridized carbons (Fsp3) is 0.733. The first-order chi connectivity index (χ1) is 6.88. The van der Waals surface area contributed by atoms with Crippen LogP contribution in [0.25, 0.3) is 0 Å². The molecular weight excluding hydrogens is 256 g/mol. The number of rotatable bonds is 3. The van der Waals surface area contributed by atoms with E-state index < -0.39 is 20.8 Å². The Morgan fingerprint density at radius 2 is 1.41 bits per heavy atom. The van der Waals surface area contributed by atoms with E-state index in [4.69, 9.17) is 0 Å². The molecule has 0 saturated carbocycles. The summed E-state index contributed by atoms with van der Waals surface area (Å²) in [5.74, 6) is 0. The zero-order valence-electron chi connectivity index (χ0n) is 13.6. The summed E-state index contributed by atoms with van der Waals surface area (Å²) in [6, 6.07) is 1.36. The first-order valence-corrected chi connectivity index (χ1v) is 20.9. The van der Waals surface area contributed by atoms with Crippen molar-refractivity contribution in [1.82, 2.24) is 0 Å². The standard InChI is InChI=1S/C9H15Si.6CH3.Ti/c1-10(2,3)8-9-6-4-5-7-9;;;;;;;/h4,6H,7-8H2,1-3H3;6*1H3;. The molecule has 17 heavy (non-hydrogen) atoms. The second-order valence-corrected chi connectivity index (χ2v) is 48.0. The van der Waals surface area contributed by atoms with Crippen molar-refractivity contribution >= 4 is 8.07 Å². The fourth-order valence-corrected chi connectivity index (χ4v) is 7.72. The van der Waals surface area contributed by atoms with Crippen molar-refractivity contribution < 1.29 is 12.7 Å². The number of hydrogen-bond donors (Lipinski definition) is 0. The van der Waals surface area contributed by atoms with Crippen LogP contribution in [-0.2, 0) is 12.7 Å². The molecule has 101 valence electrons. The Kier molecular flexibility index (Phi) is 2.53. The van der Waals surface area contributed by atoms with Gasteiger partial charge in [0, 0.05) is 0 Å². The predicted molar refractivity (Wildman–Crippen MR) is 84.1 cm³/mol. The van der Waals surface area contributed by atoms with Crippen molar-refractivity contribution in [1.29, 1.82) is 0 Å². The molecular formula is C15H33SiTi. The Labute approximate surface area is 106 Å². The van der Waals surface area contributed by atoms with E-state index in [1.54, 1.807) is 9.45 Å². The molecule has 1 aliphatic carbocycles. The van der Waals surface area contributed by atoms with Gasteiger partial charge in [-0.2, -0.15) is 0 Å². The predicted octanol–water partition coefficient (Wildman–Crippen LogP) is 6.59. The van der Waals surface area contributed by atoms with E-state index in [2.05, 4.69) is 63.2 Å². The third-order valence-electron chi connectivity index (χ3n) is 3.62. The Morgan fingerprint density at radius 3 is 1.71 bits per heavy atom. The summed E-state index contributed by atoms with van der Waals surface area (Å²) >= 11 is -3.31. The molecule has 0 nitrogen and oxygen atoms in total. The topological polar surface area (TPSA) is 0 Å². The molecule has 1 rings (SSSR count). The van der Waals surface area contributed by atoms with Crippen LogP contribution in [0.3, 0.4) is 0 Å². The molecule has 0 saturated heterocycles. The molecule has 0 amide bonds. The van der Waals surface area contributed by atoms with Crippen LogP contribution in [0, 0.1) is 0 Å². The first-order valence-electron chi connectivity index (χ1n) is 7.07. The zero-order chi connectivity index (χ0) is 13.9. The van der Waals surface area contributed by atoms with Gasteiger partial charge in [0.2, 0.25) is 0 Å². The monoisotopic (exact) mass is 289 g/mol. The molecule has 2 heteroatoms. The van der Waals surface area contributed by atoms with Gasteiger partial charge in [-0.15, -0.1) is 0 Å². The molecule has 0 aromatic heterocycles. The van der Waals surface area contributed by atoms with E-state index in [0.29, 0.717) is 0 Å². The molecule has 0 aromatic carbocycles. The second-order valence-electron chi connectivity index (χ2n) is 13.4. The first kappa shape index (κ1) is 15.5. The van der Waals surface area contributed by atoms with Crippen molar-refractivity contribution in [2.75, 3.05) is 0 Å². The van der Waals surface area contributed by atoms with Gasteiger partial charge in [-0.3, -0.25) is 0 Å². The fourth-order valence-electron chi connectivity index (χ4n) is 2.41. The molecule has 0 fully saturated rings. The van der Waals surface area contributed by atoms with Gasteiger partial charge < -0.3 is 0 Å². The zero-order valence-corrected chi connectivity index (χ0v) is 16.1. The summed E-state index contributed by atoms with van der Waals surface area (Å²) in [4.78, 5) is 0. The van der Waals surface area contributed by atoms with E-state index in [-0.39, 0.29) is 0 Å². The Morgan fingerprint density at radius 1 is 0.941 bits per heavy atom. The number of hydrogen-bond acceptors (Lipinski definition) is 0. The summed E-state index contributed by atoms with van der Waals surface area (Å²) < 4.78 is 1.73. The van der Waals surface area contributed by atoms with Gasteiger partial charge in [0.05, 0.1) is 0 Å². The van der Waals surface area contributed by atoms with Gasteiger partial charge in [-0.25, -0.2) is 0 Å². The SMILES string of the molecule is C[Si](C)(C)CC1=CC=[C]([Ti]([CH3])([CH3])([CH3])([CH3])([CH3])[CH3])C1. The Balaban J connectivity index is 2.96. The average Bonchev–Trinajstić information content (AvgIpc) is 2.24. The molecule has 0 spiro atoms. The van der Waals surface area contributed by atoms with Gasteiger partial charge in [0.1, 0.15) is 0 Å². The molecule has 1 aliphatic rings. The van der Waals surface area contributed by atoms with Crippen LogP contribution in [0.5, 0.6) is 0 Å². The molecule has 0 aliphatic heterocycles. The van der Waals surface area contributed by atoms with Crippen LogP contribution in [-0.4, -0.2) is 8.07 Å². The molecule has 0 atom stereocenters. The maximum absolute atomic E-state index is 3.31. The number of allylic oxidation sites excluding steroid dienone is 4. The quantitative estimate of drug-likeness (QED) is 0.514. The second kappa shape index (κ2) is 2.78. The molecule has 0 radical (unpaired) electrons. The van der Waals surface area contributed by atoms with Crippen LogP contribution in [0.15, 0.2) is 21.6 Å². The summed E-state index contributed by atoms with van der Waals surface area (Å²) in [6.07, 6.45) is 6.11. The Bertz CT molecular complexity index is 410. The van der Waals surface area contributed by atoms with Crippen LogP contribution >= 0.6 is 0 Å². The summed E-state index contributed by atoms with van der Waals surface area (Å²) in [6.45, 7) is 7.40. The summed E-state index contributed by atoms with van der Waals surface area (Å²) in [5, 5.41) is 15.3. The van der Waals surface area contributed by atoms with Crippen LogP contribution in [0.4, 0.5) is 0 Å². The summed E-state index contributed by atoms with van der Waals surface area (Å²) in [7, 11) is -0.966. The molecule has 0 bridgehead atoms. The molecule has 0 aromatic rings. The van der Waals surface area contributed by atoms with Crippen molar-refractivity contribution in [3.8, 4) is 0 Å². The average molecular weight is 289 g/mol. The molecule has 0 N–H and O–H groups in total. The van der Waals surface area contributed by atoms with E-state index in [0.717, 1.165) is 0 Å². The Hall–Kier alpha value is 0.411. The van der Waals surface area contributed by atoms with E-state index in [1.807, 2.05) is 0 Å².